The van der Waals surface area contributed by atoms with E-state index in [0.29, 0.717) is 19.3 Å². The monoisotopic (exact) mass is 713 g/mol. The Bertz CT molecular complexity index is 1220. The summed E-state index contributed by atoms with van der Waals surface area (Å²) in [5, 5.41) is 61.3. The van der Waals surface area contributed by atoms with E-state index in [4.69, 9.17) is 25.7 Å². The molecule has 11 unspecified atom stereocenters. The summed E-state index contributed by atoms with van der Waals surface area (Å²) in [6.07, 6.45) is -4.62. The number of aliphatic hydroxyl groups is 5. The first kappa shape index (κ1) is 39.1. The molecule has 3 aliphatic carbocycles. The third kappa shape index (κ3) is 7.80. The van der Waals surface area contributed by atoms with Crippen LogP contribution < -0.4 is 27.1 Å². The Morgan fingerprint density at radius 2 is 1.84 bits per heavy atom. The smallest absolute Gasteiger partial charge is 0.340 e. The Labute approximate surface area is 292 Å². The second kappa shape index (κ2) is 16.7. The van der Waals surface area contributed by atoms with Gasteiger partial charge in [0.15, 0.2) is 6.29 Å². The number of nitrogens with two attached hydrogens (primary N) is 3. The van der Waals surface area contributed by atoms with Crippen molar-refractivity contribution in [3.63, 3.8) is 0 Å². The zero-order valence-electron chi connectivity index (χ0n) is 29.1. The van der Waals surface area contributed by atoms with Gasteiger partial charge in [0.05, 0.1) is 56.9 Å². The number of nitrogens with one attached hydrogen (secondary N) is 2. The van der Waals surface area contributed by atoms with Crippen molar-refractivity contribution in [1.82, 2.24) is 5.32 Å². The van der Waals surface area contributed by atoms with Crippen molar-refractivity contribution >= 4 is 23.8 Å². The Morgan fingerprint density at radius 1 is 1.10 bits per heavy atom. The third-order valence-corrected chi connectivity index (χ3v) is 12.5. The van der Waals surface area contributed by atoms with Crippen molar-refractivity contribution in [2.45, 2.75) is 112 Å². The number of ether oxygens (including phenoxy) is 3. The summed E-state index contributed by atoms with van der Waals surface area (Å²) in [6.45, 7) is 0.400. The average Bonchev–Trinajstić information content (AvgIpc) is 3.11. The highest BCUT2D eigenvalue weighted by Gasteiger charge is 2.62. The molecule has 0 radical (unpaired) electrons. The molecule has 5 fully saturated rings. The fourth-order valence-electron chi connectivity index (χ4n) is 9.64. The van der Waals surface area contributed by atoms with Gasteiger partial charge in [-0.15, -0.1) is 0 Å². The summed E-state index contributed by atoms with van der Waals surface area (Å²) in [7, 11) is 3.14. The zero-order chi connectivity index (χ0) is 36.3. The SMILES string of the molecule is C[NH+]=C(N)NCC1C(CCC=O)CC2C(=O)C3CC(OC)CC(O[C@H]4O[C@H](CO)[C@](O)(CCC5CC[NH2+]C(N)C5)[C@H](O)[C@H]4O)C3C(=O)C2C1O. The molecular formula is C34H59N5O11+2. The van der Waals surface area contributed by atoms with E-state index in [-0.39, 0.29) is 67.8 Å². The number of guanidine groups is 1. The maximum Gasteiger partial charge on any atom is 0.340 e. The van der Waals surface area contributed by atoms with Crippen LogP contribution in [0.3, 0.4) is 0 Å². The van der Waals surface area contributed by atoms with E-state index in [1.807, 2.05) is 0 Å². The van der Waals surface area contributed by atoms with E-state index >= 15 is 0 Å². The van der Waals surface area contributed by atoms with E-state index in [2.05, 4.69) is 15.6 Å². The van der Waals surface area contributed by atoms with E-state index < -0.39 is 84.7 Å². The molecule has 0 amide bonds. The van der Waals surface area contributed by atoms with Gasteiger partial charge in [-0.2, -0.15) is 0 Å². The second-order valence-corrected chi connectivity index (χ2v) is 15.2. The Balaban J connectivity index is 1.36. The normalized spacial score (nSPS) is 45.4. The predicted octanol–water partition coefficient (Wildman–Crippen LogP) is -5.40. The zero-order valence-corrected chi connectivity index (χ0v) is 29.1. The number of carbonyl (C=O) groups excluding carboxylic acids is 3. The van der Waals surface area contributed by atoms with Gasteiger partial charge in [0.1, 0.15) is 47.9 Å². The van der Waals surface area contributed by atoms with Gasteiger partial charge in [-0.3, -0.25) is 31.4 Å². The van der Waals surface area contributed by atoms with Crippen molar-refractivity contribution in [2.24, 2.45) is 52.9 Å². The number of carbonyl (C=O) groups is 3. The summed E-state index contributed by atoms with van der Waals surface area (Å²) in [5.41, 5.74) is 10.0. The highest BCUT2D eigenvalue weighted by atomic mass is 16.7. The van der Waals surface area contributed by atoms with Crippen molar-refractivity contribution in [1.29, 1.82) is 0 Å². The molecule has 0 aromatic heterocycles. The summed E-state index contributed by atoms with van der Waals surface area (Å²) in [5.74, 6) is -4.28. The topological polar surface area (TPSA) is 275 Å². The van der Waals surface area contributed by atoms with Gasteiger partial charge >= 0.3 is 5.96 Å². The number of piperidine rings is 1. The lowest BCUT2D eigenvalue weighted by Gasteiger charge is -2.53. The van der Waals surface area contributed by atoms with Gasteiger partial charge in [-0.1, -0.05) is 0 Å². The maximum absolute atomic E-state index is 14.5. The van der Waals surface area contributed by atoms with Crippen LogP contribution >= 0.6 is 0 Å². The fourth-order valence-corrected chi connectivity index (χ4v) is 9.64. The van der Waals surface area contributed by atoms with Crippen LogP contribution in [0.5, 0.6) is 0 Å². The van der Waals surface area contributed by atoms with Gasteiger partial charge in [-0.25, -0.2) is 0 Å². The van der Waals surface area contributed by atoms with Gasteiger partial charge in [-0.05, 0) is 50.4 Å². The van der Waals surface area contributed by atoms with Crippen LogP contribution in [0.15, 0.2) is 0 Å². The molecule has 5 rings (SSSR count). The number of Topliss-reactive ketones (excluding diaryl/α,β-unsaturated/α-hetero) is 2. The molecule has 3 saturated carbocycles. The molecular weight excluding hydrogens is 654 g/mol. The van der Waals surface area contributed by atoms with Crippen LogP contribution in [0.2, 0.25) is 0 Å². The van der Waals surface area contributed by atoms with E-state index in [1.54, 1.807) is 7.05 Å². The third-order valence-electron chi connectivity index (χ3n) is 12.5. The average molecular weight is 714 g/mol. The van der Waals surface area contributed by atoms with Gasteiger partial charge < -0.3 is 49.9 Å². The molecule has 13 N–H and O–H groups in total. The lowest BCUT2D eigenvalue weighted by atomic mass is 9.53. The first-order chi connectivity index (χ1) is 23.9. The fraction of sp³-hybridized carbons (Fsp3) is 0.882. The lowest BCUT2D eigenvalue weighted by molar-refractivity contribution is -0.699. The molecule has 0 aromatic carbocycles. The molecule has 5 aliphatic rings. The van der Waals surface area contributed by atoms with Crippen molar-refractivity contribution in [2.75, 3.05) is 33.9 Å². The number of fused-ring (bicyclic) bond motifs is 2. The van der Waals surface area contributed by atoms with Crippen LogP contribution in [0.25, 0.3) is 0 Å². The van der Waals surface area contributed by atoms with Crippen molar-refractivity contribution in [3.8, 4) is 0 Å². The molecule has 2 saturated heterocycles. The lowest BCUT2D eigenvalue weighted by Crippen LogP contribution is -2.94. The highest BCUT2D eigenvalue weighted by Crippen LogP contribution is 2.51. The molecule has 0 bridgehead atoms. The molecule has 2 aliphatic heterocycles. The minimum absolute atomic E-state index is 0.0512. The summed E-state index contributed by atoms with van der Waals surface area (Å²) in [6, 6.07) is 0. The first-order valence-corrected chi connectivity index (χ1v) is 18.2. The molecule has 16 atom stereocenters. The van der Waals surface area contributed by atoms with Crippen molar-refractivity contribution in [3.05, 3.63) is 0 Å². The van der Waals surface area contributed by atoms with Crippen molar-refractivity contribution < 1.29 is 64.4 Å². The largest absolute Gasteiger partial charge is 0.394 e. The standard InChI is InChI=1S/C34H57N5O11/c1-37-33(36)39-14-21-17(4-3-9-40)11-19-26(28(21)43)29(44)25-20(27(19)42)12-18(48-2)13-22(25)49-32-30(45)31(46)34(47,23(15-41)50-32)7-5-16-6-8-38-24(35)10-16/h9,16-26,28,30-32,38,41,43,45-47H,3-8,10-15,35H2,1-2H3,(H3,36,37,39)/p+2/t16?,17?,18?,19?,20?,21?,22?,23-,24?,25?,26?,28?,30-,31-,32+,34-/m1/s1. The van der Waals surface area contributed by atoms with Crippen LogP contribution in [0.1, 0.15) is 57.8 Å². The Kier molecular flexibility index (Phi) is 13.1. The van der Waals surface area contributed by atoms with E-state index in [0.717, 1.165) is 25.7 Å². The molecule has 16 heteroatoms. The van der Waals surface area contributed by atoms with Gasteiger partial charge in [0, 0.05) is 44.1 Å². The Hall–Kier alpha value is -2.12. The maximum atomic E-state index is 14.5. The van der Waals surface area contributed by atoms with Crippen LogP contribution in [0.4, 0.5) is 0 Å². The number of hydrogen-bond acceptors (Lipinski definition) is 12. The minimum Gasteiger partial charge on any atom is -0.394 e. The van der Waals surface area contributed by atoms with Gasteiger partial charge in [0.2, 0.25) is 0 Å². The molecule has 50 heavy (non-hydrogen) atoms. The number of rotatable bonds is 12. The Morgan fingerprint density at radius 3 is 2.50 bits per heavy atom. The molecule has 0 spiro atoms. The number of aldehydes is 1. The van der Waals surface area contributed by atoms with E-state index in [1.165, 1.54) is 7.11 Å². The summed E-state index contributed by atoms with van der Waals surface area (Å²) >= 11 is 0. The predicted molar refractivity (Wildman–Crippen MR) is 175 cm³/mol. The molecule has 2 heterocycles. The number of methoxy groups -OCH3 is 1. The van der Waals surface area contributed by atoms with Gasteiger partial charge in [0.25, 0.3) is 0 Å². The number of quaternary nitrogens is 1. The number of aliphatic hydroxyl groups excluding tert-OH is 4. The quantitative estimate of drug-likeness (QED) is 0.0514. The second-order valence-electron chi connectivity index (χ2n) is 15.2. The number of ketones is 2. The number of hydrogen-bond donors (Lipinski definition) is 10. The first-order valence-electron chi connectivity index (χ1n) is 18.2. The molecule has 284 valence electrons. The summed E-state index contributed by atoms with van der Waals surface area (Å²) in [4.78, 5) is 42.8. The minimum atomic E-state index is -1.98. The van der Waals surface area contributed by atoms with Crippen LogP contribution in [0, 0.1) is 41.4 Å². The highest BCUT2D eigenvalue weighted by molar-refractivity contribution is 6.00. The summed E-state index contributed by atoms with van der Waals surface area (Å²) < 4.78 is 17.9. The molecule has 16 nitrogen and oxygen atoms in total. The molecule has 0 aromatic rings. The van der Waals surface area contributed by atoms with Crippen LogP contribution in [-0.4, -0.2) is 138 Å². The van der Waals surface area contributed by atoms with Crippen LogP contribution in [-0.2, 0) is 28.6 Å². The van der Waals surface area contributed by atoms with E-state index in [9.17, 15) is 39.9 Å².